The summed E-state index contributed by atoms with van der Waals surface area (Å²) in [5, 5.41) is 0. The molecule has 0 amide bonds. The fourth-order valence-corrected chi connectivity index (χ4v) is 4.40. The first-order chi connectivity index (χ1) is 16.4. The quantitative estimate of drug-likeness (QED) is 0.538. The molecule has 2 aliphatic rings. The molecule has 34 heavy (non-hydrogen) atoms. The molecule has 0 radical (unpaired) electrons. The minimum atomic E-state index is -1.18. The molecule has 0 aliphatic carbocycles. The van der Waals surface area contributed by atoms with E-state index in [0.29, 0.717) is 44.6 Å². The molecule has 0 N–H and O–H groups in total. The number of esters is 2. The maximum absolute atomic E-state index is 13.5. The van der Waals surface area contributed by atoms with E-state index in [2.05, 4.69) is 0 Å². The third-order valence-electron chi connectivity index (χ3n) is 6.22. The highest BCUT2D eigenvalue weighted by molar-refractivity contribution is 5.82. The molecule has 4 rings (SSSR count). The van der Waals surface area contributed by atoms with Crippen molar-refractivity contribution in [2.24, 2.45) is 0 Å². The van der Waals surface area contributed by atoms with Gasteiger partial charge in [-0.05, 0) is 49.6 Å². The molecule has 0 aromatic heterocycles. The highest BCUT2D eigenvalue weighted by atomic mass is 19.1. The molecule has 0 unspecified atom stereocenters. The second-order valence-corrected chi connectivity index (χ2v) is 8.72. The van der Waals surface area contributed by atoms with Crippen molar-refractivity contribution in [2.75, 3.05) is 42.6 Å². The van der Waals surface area contributed by atoms with Crippen molar-refractivity contribution in [1.82, 2.24) is 0 Å². The third kappa shape index (κ3) is 5.85. The van der Waals surface area contributed by atoms with Gasteiger partial charge < -0.3 is 19.3 Å². The maximum Gasteiger partial charge on any atom is 0.352 e. The number of halogens is 2. The van der Waals surface area contributed by atoms with Gasteiger partial charge in [0.2, 0.25) is 6.10 Å². The van der Waals surface area contributed by atoms with Gasteiger partial charge in [0.15, 0.2) is 0 Å². The first kappa shape index (κ1) is 24.0. The molecule has 2 aliphatic heterocycles. The molecule has 6 nitrogen and oxygen atoms in total. The number of benzene rings is 2. The number of carbonyl (C=O) groups is 2. The van der Waals surface area contributed by atoms with E-state index < -0.39 is 30.4 Å². The Hall–Kier alpha value is -3.16. The highest BCUT2D eigenvalue weighted by Gasteiger charge is 2.28. The Labute approximate surface area is 198 Å². The van der Waals surface area contributed by atoms with E-state index in [9.17, 15) is 18.4 Å². The minimum absolute atomic E-state index is 0.00826. The predicted molar refractivity (Wildman–Crippen MR) is 126 cm³/mol. The number of hydrogen-bond donors (Lipinski definition) is 0. The zero-order valence-corrected chi connectivity index (χ0v) is 19.3. The molecule has 182 valence electrons. The first-order valence-electron chi connectivity index (χ1n) is 11.8. The lowest BCUT2D eigenvalue weighted by atomic mass is 10.1. The van der Waals surface area contributed by atoms with Crippen LogP contribution < -0.4 is 9.80 Å². The molecule has 2 aromatic rings. The standard InChI is InChI=1S/C26H30F2N2O4/c1-2-33-26(32)25(19-5-9-23(10-6-19)30-14-12-21(28)17-30)34-24(31)15-18-3-7-22(8-4-18)29-13-11-20(27)16-29/h3-10,20-21,25H,2,11-17H2,1H3/t20-,21-,25-/m1/s1. The summed E-state index contributed by atoms with van der Waals surface area (Å²) in [6, 6.07) is 14.4. The van der Waals surface area contributed by atoms with E-state index in [-0.39, 0.29) is 13.0 Å². The zero-order chi connectivity index (χ0) is 24.1. The molecule has 3 atom stereocenters. The number of hydrogen-bond acceptors (Lipinski definition) is 6. The minimum Gasteiger partial charge on any atom is -0.463 e. The van der Waals surface area contributed by atoms with Gasteiger partial charge in [-0.2, -0.15) is 0 Å². The monoisotopic (exact) mass is 472 g/mol. The van der Waals surface area contributed by atoms with Crippen molar-refractivity contribution in [2.45, 2.75) is 44.6 Å². The van der Waals surface area contributed by atoms with Crippen LogP contribution in [-0.4, -0.2) is 57.1 Å². The Morgan fingerprint density at radius 3 is 1.91 bits per heavy atom. The fraction of sp³-hybridized carbons (Fsp3) is 0.462. The van der Waals surface area contributed by atoms with Crippen molar-refractivity contribution in [3.63, 3.8) is 0 Å². The summed E-state index contributed by atoms with van der Waals surface area (Å²) < 4.78 is 37.6. The van der Waals surface area contributed by atoms with Crippen molar-refractivity contribution in [3.05, 3.63) is 59.7 Å². The fourth-order valence-electron chi connectivity index (χ4n) is 4.40. The van der Waals surface area contributed by atoms with Crippen molar-refractivity contribution in [3.8, 4) is 0 Å². The zero-order valence-electron chi connectivity index (χ0n) is 19.3. The van der Waals surface area contributed by atoms with Crippen LogP contribution in [0.15, 0.2) is 48.5 Å². The van der Waals surface area contributed by atoms with E-state index in [4.69, 9.17) is 9.47 Å². The Balaban J connectivity index is 1.40. The van der Waals surface area contributed by atoms with Gasteiger partial charge in [0, 0.05) is 43.1 Å². The summed E-state index contributed by atoms with van der Waals surface area (Å²) in [4.78, 5) is 29.1. The van der Waals surface area contributed by atoms with Gasteiger partial charge in [0.25, 0.3) is 0 Å². The third-order valence-corrected chi connectivity index (χ3v) is 6.22. The summed E-state index contributed by atoms with van der Waals surface area (Å²) >= 11 is 0. The SMILES string of the molecule is CCOC(=O)[C@H](OC(=O)Cc1ccc(N2CC[C@@H](F)C2)cc1)c1ccc(N2CC[C@@H](F)C2)cc1. The number of carbonyl (C=O) groups excluding carboxylic acids is 2. The van der Waals surface area contributed by atoms with Crippen LogP contribution in [0.25, 0.3) is 0 Å². The van der Waals surface area contributed by atoms with Crippen molar-refractivity contribution >= 4 is 23.3 Å². The van der Waals surface area contributed by atoms with Crippen LogP contribution >= 0.6 is 0 Å². The predicted octanol–water partition coefficient (Wildman–Crippen LogP) is 4.17. The lowest BCUT2D eigenvalue weighted by Crippen LogP contribution is -2.23. The Kier molecular flexibility index (Phi) is 7.65. The van der Waals surface area contributed by atoms with Gasteiger partial charge in [0.05, 0.1) is 13.0 Å². The molecule has 2 aromatic carbocycles. The summed E-state index contributed by atoms with van der Waals surface area (Å²) in [5.74, 6) is -1.20. The smallest absolute Gasteiger partial charge is 0.352 e. The number of ether oxygens (including phenoxy) is 2. The van der Waals surface area contributed by atoms with Crippen LogP contribution in [0.2, 0.25) is 0 Å². The number of rotatable bonds is 8. The average Bonchev–Trinajstić information content (AvgIpc) is 3.46. The number of alkyl halides is 2. The number of nitrogens with zero attached hydrogens (tertiary/aromatic N) is 2. The van der Waals surface area contributed by atoms with E-state index in [1.807, 2.05) is 34.1 Å². The topological polar surface area (TPSA) is 59.1 Å². The van der Waals surface area contributed by atoms with E-state index in [0.717, 1.165) is 16.9 Å². The molecule has 2 saturated heterocycles. The summed E-state index contributed by atoms with van der Waals surface area (Å²) in [6.07, 6.45) is -1.80. The molecule has 8 heteroatoms. The second-order valence-electron chi connectivity index (χ2n) is 8.72. The van der Waals surface area contributed by atoms with Crippen molar-refractivity contribution < 1.29 is 27.8 Å². The van der Waals surface area contributed by atoms with Crippen LogP contribution in [0.5, 0.6) is 0 Å². The summed E-state index contributed by atoms with van der Waals surface area (Å²) in [5.41, 5.74) is 3.00. The van der Waals surface area contributed by atoms with E-state index in [1.54, 1.807) is 31.2 Å². The van der Waals surface area contributed by atoms with E-state index in [1.165, 1.54) is 0 Å². The van der Waals surface area contributed by atoms with Crippen LogP contribution in [0.4, 0.5) is 20.2 Å². The largest absolute Gasteiger partial charge is 0.463 e. The van der Waals surface area contributed by atoms with Crippen LogP contribution in [0.1, 0.15) is 37.0 Å². The van der Waals surface area contributed by atoms with Crippen LogP contribution in [-0.2, 0) is 25.5 Å². The molecule has 2 heterocycles. The molecule has 0 spiro atoms. The summed E-state index contributed by atoms with van der Waals surface area (Å²) in [6.45, 7) is 3.90. The van der Waals surface area contributed by atoms with E-state index >= 15 is 0 Å². The lowest BCUT2D eigenvalue weighted by Gasteiger charge is -2.20. The first-order valence-corrected chi connectivity index (χ1v) is 11.8. The molecule has 0 bridgehead atoms. The molecular weight excluding hydrogens is 442 g/mol. The average molecular weight is 473 g/mol. The molecule has 2 fully saturated rings. The van der Waals surface area contributed by atoms with Gasteiger partial charge in [-0.25, -0.2) is 13.6 Å². The second kappa shape index (κ2) is 10.8. The van der Waals surface area contributed by atoms with Gasteiger partial charge in [-0.1, -0.05) is 24.3 Å². The van der Waals surface area contributed by atoms with Crippen molar-refractivity contribution in [1.29, 1.82) is 0 Å². The lowest BCUT2D eigenvalue weighted by molar-refractivity contribution is -0.167. The Morgan fingerprint density at radius 2 is 1.44 bits per heavy atom. The normalized spacial score (nSPS) is 20.9. The molecular formula is C26H30F2N2O4. The summed E-state index contributed by atoms with van der Waals surface area (Å²) in [7, 11) is 0. The highest BCUT2D eigenvalue weighted by Crippen LogP contribution is 2.27. The maximum atomic E-state index is 13.5. The van der Waals surface area contributed by atoms with Crippen LogP contribution in [0, 0.1) is 0 Å². The van der Waals surface area contributed by atoms with Gasteiger partial charge in [-0.15, -0.1) is 0 Å². The Morgan fingerprint density at radius 1 is 0.912 bits per heavy atom. The van der Waals surface area contributed by atoms with Gasteiger partial charge >= 0.3 is 11.9 Å². The number of anilines is 2. The van der Waals surface area contributed by atoms with Gasteiger partial charge in [-0.3, -0.25) is 4.79 Å². The van der Waals surface area contributed by atoms with Crippen LogP contribution in [0.3, 0.4) is 0 Å². The molecule has 0 saturated carbocycles. The Bertz CT molecular complexity index is 983. The van der Waals surface area contributed by atoms with Gasteiger partial charge in [0.1, 0.15) is 12.3 Å².